The first-order chi connectivity index (χ1) is 8.43. The Hall–Kier alpha value is -0.980. The van der Waals surface area contributed by atoms with Crippen molar-refractivity contribution in [3.05, 3.63) is 29.6 Å². The highest BCUT2D eigenvalue weighted by Crippen LogP contribution is 2.18. The average Bonchev–Trinajstić information content (AvgIpc) is 2.36. The van der Waals surface area contributed by atoms with Gasteiger partial charge in [0.05, 0.1) is 11.5 Å². The molecule has 1 rings (SSSR count). The van der Waals surface area contributed by atoms with E-state index < -0.39 is 22.4 Å². The van der Waals surface area contributed by atoms with E-state index in [2.05, 4.69) is 0 Å². The van der Waals surface area contributed by atoms with Crippen molar-refractivity contribution in [2.45, 2.75) is 31.3 Å². The number of hydrogen-bond acceptors (Lipinski definition) is 3. The molecule has 0 heterocycles. The summed E-state index contributed by atoms with van der Waals surface area (Å²) in [5.74, 6) is -0.604. The van der Waals surface area contributed by atoms with E-state index in [0.29, 0.717) is 6.54 Å². The van der Waals surface area contributed by atoms with Gasteiger partial charge in [-0.1, -0.05) is 13.3 Å². The van der Waals surface area contributed by atoms with Gasteiger partial charge in [0.15, 0.2) is 0 Å². The lowest BCUT2D eigenvalue weighted by molar-refractivity contribution is 0.275. The first kappa shape index (κ1) is 15.1. The Balaban J connectivity index is 3.05. The molecule has 0 bridgehead atoms. The second-order valence-corrected chi connectivity index (χ2v) is 6.14. The zero-order chi connectivity index (χ0) is 13.8. The molecule has 0 aliphatic heterocycles. The maximum absolute atomic E-state index is 13.2. The first-order valence-electron chi connectivity index (χ1n) is 5.79. The fraction of sp³-hybridized carbons (Fsp3) is 0.500. The summed E-state index contributed by atoms with van der Waals surface area (Å²) in [5, 5.41) is 8.94. The largest absolute Gasteiger partial charge is 0.392 e. The number of aliphatic hydroxyl groups is 1. The van der Waals surface area contributed by atoms with Gasteiger partial charge in [0, 0.05) is 19.2 Å². The van der Waals surface area contributed by atoms with Crippen LogP contribution < -0.4 is 0 Å². The Morgan fingerprint density at radius 3 is 2.61 bits per heavy atom. The van der Waals surface area contributed by atoms with Crippen LogP contribution in [0.15, 0.2) is 23.1 Å². The number of benzene rings is 1. The number of sulfonamides is 1. The lowest BCUT2D eigenvalue weighted by Gasteiger charge is -2.17. The van der Waals surface area contributed by atoms with Crippen LogP contribution in [0.1, 0.15) is 25.3 Å². The van der Waals surface area contributed by atoms with Crippen molar-refractivity contribution in [2.75, 3.05) is 13.6 Å². The van der Waals surface area contributed by atoms with Crippen LogP contribution >= 0.6 is 0 Å². The van der Waals surface area contributed by atoms with Gasteiger partial charge in [-0.2, -0.15) is 0 Å². The quantitative estimate of drug-likeness (QED) is 0.860. The van der Waals surface area contributed by atoms with E-state index in [-0.39, 0.29) is 10.5 Å². The molecule has 6 heteroatoms. The SMILES string of the molecule is CCCCN(C)S(=O)(=O)c1ccc(F)c(CO)c1. The van der Waals surface area contributed by atoms with E-state index in [1.807, 2.05) is 6.92 Å². The molecule has 0 aliphatic carbocycles. The highest BCUT2D eigenvalue weighted by molar-refractivity contribution is 7.89. The molecule has 18 heavy (non-hydrogen) atoms. The van der Waals surface area contributed by atoms with Crippen molar-refractivity contribution < 1.29 is 17.9 Å². The molecule has 1 aromatic carbocycles. The summed E-state index contributed by atoms with van der Waals surface area (Å²) in [5.41, 5.74) is -0.0139. The molecule has 102 valence electrons. The van der Waals surface area contributed by atoms with Crippen LogP contribution in [0.5, 0.6) is 0 Å². The van der Waals surface area contributed by atoms with Crippen LogP contribution in [-0.4, -0.2) is 31.4 Å². The molecule has 0 spiro atoms. The zero-order valence-electron chi connectivity index (χ0n) is 10.6. The normalized spacial score (nSPS) is 12.1. The van der Waals surface area contributed by atoms with E-state index in [1.54, 1.807) is 0 Å². The molecule has 0 unspecified atom stereocenters. The number of unbranched alkanes of at least 4 members (excludes halogenated alkanes) is 1. The van der Waals surface area contributed by atoms with Crippen molar-refractivity contribution in [1.82, 2.24) is 4.31 Å². The third-order valence-electron chi connectivity index (χ3n) is 2.72. The molecule has 1 N–H and O–H groups in total. The summed E-state index contributed by atoms with van der Waals surface area (Å²) in [6.45, 7) is 1.88. The lowest BCUT2D eigenvalue weighted by atomic mass is 10.2. The number of halogens is 1. The van der Waals surface area contributed by atoms with Crippen LogP contribution in [-0.2, 0) is 16.6 Å². The molecule has 1 aromatic rings. The molecule has 0 saturated heterocycles. The van der Waals surface area contributed by atoms with Gasteiger partial charge in [0.25, 0.3) is 0 Å². The van der Waals surface area contributed by atoms with Crippen molar-refractivity contribution in [2.24, 2.45) is 0 Å². The van der Waals surface area contributed by atoms with Gasteiger partial charge in [0.1, 0.15) is 5.82 Å². The van der Waals surface area contributed by atoms with Crippen LogP contribution in [0.25, 0.3) is 0 Å². The fourth-order valence-electron chi connectivity index (χ4n) is 1.51. The number of nitrogens with zero attached hydrogens (tertiary/aromatic N) is 1. The van der Waals surface area contributed by atoms with E-state index in [1.165, 1.54) is 23.5 Å². The third kappa shape index (κ3) is 3.28. The minimum Gasteiger partial charge on any atom is -0.392 e. The highest BCUT2D eigenvalue weighted by Gasteiger charge is 2.21. The molecule has 0 radical (unpaired) electrons. The molecular weight excluding hydrogens is 257 g/mol. The predicted octanol–water partition coefficient (Wildman–Crippen LogP) is 1.74. The Kier molecular flexibility index (Phi) is 5.25. The van der Waals surface area contributed by atoms with E-state index in [4.69, 9.17) is 5.11 Å². The van der Waals surface area contributed by atoms with Gasteiger partial charge in [-0.3, -0.25) is 0 Å². The van der Waals surface area contributed by atoms with E-state index in [0.717, 1.165) is 18.9 Å². The Bertz CT molecular complexity index is 502. The van der Waals surface area contributed by atoms with Gasteiger partial charge < -0.3 is 5.11 Å². The number of hydrogen-bond donors (Lipinski definition) is 1. The van der Waals surface area contributed by atoms with Crippen LogP contribution in [0.2, 0.25) is 0 Å². The smallest absolute Gasteiger partial charge is 0.242 e. The molecule has 0 fully saturated rings. The van der Waals surface area contributed by atoms with Crippen LogP contribution in [0, 0.1) is 5.82 Å². The average molecular weight is 275 g/mol. The maximum atomic E-state index is 13.2. The molecule has 0 atom stereocenters. The monoisotopic (exact) mass is 275 g/mol. The van der Waals surface area contributed by atoms with Gasteiger partial charge in [0.2, 0.25) is 10.0 Å². The standard InChI is InChI=1S/C12H18FNO3S/c1-3-4-7-14(2)18(16,17)11-5-6-12(13)10(8-11)9-15/h5-6,8,15H,3-4,7,9H2,1-2H3. The summed E-state index contributed by atoms with van der Waals surface area (Å²) in [4.78, 5) is 0.00607. The molecule has 4 nitrogen and oxygen atoms in total. The fourth-order valence-corrected chi connectivity index (χ4v) is 2.77. The molecule has 0 saturated carbocycles. The maximum Gasteiger partial charge on any atom is 0.242 e. The minimum absolute atomic E-state index is 0.00607. The summed E-state index contributed by atoms with van der Waals surface area (Å²) < 4.78 is 38.7. The molecule has 0 amide bonds. The summed E-state index contributed by atoms with van der Waals surface area (Å²) in [7, 11) is -2.11. The van der Waals surface area contributed by atoms with Crippen molar-refractivity contribution in [3.63, 3.8) is 0 Å². The van der Waals surface area contributed by atoms with Gasteiger partial charge in [-0.05, 0) is 24.6 Å². The third-order valence-corrected chi connectivity index (χ3v) is 4.58. The van der Waals surface area contributed by atoms with Crippen molar-refractivity contribution >= 4 is 10.0 Å². The zero-order valence-corrected chi connectivity index (χ0v) is 11.4. The summed E-state index contributed by atoms with van der Waals surface area (Å²) >= 11 is 0. The number of aliphatic hydroxyl groups excluding tert-OH is 1. The lowest BCUT2D eigenvalue weighted by Crippen LogP contribution is -2.28. The second kappa shape index (κ2) is 6.26. The van der Waals surface area contributed by atoms with Crippen LogP contribution in [0.3, 0.4) is 0 Å². The van der Waals surface area contributed by atoms with Crippen molar-refractivity contribution in [3.8, 4) is 0 Å². The van der Waals surface area contributed by atoms with Gasteiger partial charge in [-0.15, -0.1) is 0 Å². The second-order valence-electron chi connectivity index (χ2n) is 4.09. The van der Waals surface area contributed by atoms with E-state index >= 15 is 0 Å². The molecule has 0 aromatic heterocycles. The molecular formula is C12H18FNO3S. The topological polar surface area (TPSA) is 57.6 Å². The Labute approximate surface area is 107 Å². The minimum atomic E-state index is -3.61. The van der Waals surface area contributed by atoms with Gasteiger partial charge >= 0.3 is 0 Å². The summed E-state index contributed by atoms with van der Waals surface area (Å²) in [6, 6.07) is 3.45. The molecule has 0 aliphatic rings. The summed E-state index contributed by atoms with van der Waals surface area (Å²) in [6.07, 6.45) is 1.66. The Morgan fingerprint density at radius 1 is 1.39 bits per heavy atom. The predicted molar refractivity (Wildman–Crippen MR) is 67.0 cm³/mol. The van der Waals surface area contributed by atoms with Crippen LogP contribution in [0.4, 0.5) is 4.39 Å². The first-order valence-corrected chi connectivity index (χ1v) is 7.23. The highest BCUT2D eigenvalue weighted by atomic mass is 32.2. The number of rotatable bonds is 6. The van der Waals surface area contributed by atoms with E-state index in [9.17, 15) is 12.8 Å². The van der Waals surface area contributed by atoms with Crippen molar-refractivity contribution in [1.29, 1.82) is 0 Å². The Morgan fingerprint density at radius 2 is 2.06 bits per heavy atom. The van der Waals surface area contributed by atoms with Gasteiger partial charge in [-0.25, -0.2) is 17.1 Å².